The van der Waals surface area contributed by atoms with Crippen molar-refractivity contribution in [3.63, 3.8) is 0 Å². The summed E-state index contributed by atoms with van der Waals surface area (Å²) in [4.78, 5) is 24.8. The van der Waals surface area contributed by atoms with Crippen LogP contribution < -0.4 is 10.1 Å². The van der Waals surface area contributed by atoms with Crippen molar-refractivity contribution in [2.24, 2.45) is 0 Å². The Morgan fingerprint density at radius 1 is 1.14 bits per heavy atom. The molecule has 1 N–H and O–H groups in total. The number of hydrogen-bond acceptors (Lipinski definition) is 6. The van der Waals surface area contributed by atoms with E-state index < -0.39 is 0 Å². The van der Waals surface area contributed by atoms with E-state index >= 15 is 0 Å². The first kappa shape index (κ1) is 20.7. The summed E-state index contributed by atoms with van der Waals surface area (Å²) in [5.74, 6) is 1.38. The Morgan fingerprint density at radius 2 is 1.93 bits per heavy atom. The summed E-state index contributed by atoms with van der Waals surface area (Å²) in [6.45, 7) is 1.42. The van der Waals surface area contributed by atoms with Crippen molar-refractivity contribution in [2.75, 3.05) is 34.3 Å². The van der Waals surface area contributed by atoms with Crippen LogP contribution in [0.3, 0.4) is 0 Å². The molecule has 0 radical (unpaired) electrons. The maximum absolute atomic E-state index is 12.3. The molecule has 0 aliphatic carbocycles. The van der Waals surface area contributed by atoms with Crippen LogP contribution >= 0.6 is 11.3 Å². The lowest BCUT2D eigenvalue weighted by molar-refractivity contribution is 0.0955. The number of nitrogens with one attached hydrogen (secondary N) is 1. The van der Waals surface area contributed by atoms with Crippen LogP contribution in [0.15, 0.2) is 48.7 Å². The molecule has 0 spiro atoms. The molecule has 7 heteroatoms. The highest BCUT2D eigenvalue weighted by molar-refractivity contribution is 7.17. The molecule has 1 amide bonds. The SMILES string of the molecule is COc1ccc(/C=C/c2nccc(-c3ccc(C(=O)NCCN(C)C)s3)n2)cc1. The van der Waals surface area contributed by atoms with Gasteiger partial charge in [-0.05, 0) is 56.1 Å². The van der Waals surface area contributed by atoms with Crippen LogP contribution in [0.4, 0.5) is 0 Å². The minimum Gasteiger partial charge on any atom is -0.497 e. The van der Waals surface area contributed by atoms with Crippen LogP contribution in [0.25, 0.3) is 22.7 Å². The highest BCUT2D eigenvalue weighted by Gasteiger charge is 2.11. The summed E-state index contributed by atoms with van der Waals surface area (Å²) >= 11 is 1.43. The topological polar surface area (TPSA) is 67.3 Å². The first-order chi connectivity index (χ1) is 14.0. The predicted molar refractivity (Wildman–Crippen MR) is 118 cm³/mol. The monoisotopic (exact) mass is 408 g/mol. The fourth-order valence-corrected chi connectivity index (χ4v) is 3.45. The van der Waals surface area contributed by atoms with Gasteiger partial charge in [0.15, 0.2) is 5.82 Å². The van der Waals surface area contributed by atoms with Crippen molar-refractivity contribution in [3.05, 3.63) is 64.9 Å². The molecule has 0 fully saturated rings. The van der Waals surface area contributed by atoms with Gasteiger partial charge in [-0.3, -0.25) is 4.79 Å². The van der Waals surface area contributed by atoms with Crippen LogP contribution in [0, 0.1) is 0 Å². The standard InChI is InChI=1S/C22H24N4O2S/c1-26(2)15-14-24-22(27)20-10-9-19(29-20)18-12-13-23-21(25-18)11-6-16-4-7-17(28-3)8-5-16/h4-13H,14-15H2,1-3H3,(H,24,27)/b11-6+. The minimum atomic E-state index is -0.0585. The molecule has 0 unspecified atom stereocenters. The number of hydrogen-bond donors (Lipinski definition) is 1. The molecule has 6 nitrogen and oxygen atoms in total. The summed E-state index contributed by atoms with van der Waals surface area (Å²) in [6, 6.07) is 13.4. The van der Waals surface area contributed by atoms with E-state index in [2.05, 4.69) is 15.3 Å². The second-order valence-corrected chi connectivity index (χ2v) is 7.71. The number of methoxy groups -OCH3 is 1. The van der Waals surface area contributed by atoms with Crippen LogP contribution in [-0.2, 0) is 0 Å². The third-order valence-electron chi connectivity index (χ3n) is 4.14. The summed E-state index contributed by atoms with van der Waals surface area (Å²) in [7, 11) is 5.60. The fraction of sp³-hybridized carbons (Fsp3) is 0.227. The summed E-state index contributed by atoms with van der Waals surface area (Å²) in [5, 5.41) is 2.93. The van der Waals surface area contributed by atoms with Crippen LogP contribution in [0.2, 0.25) is 0 Å². The molecule has 0 bridgehead atoms. The molecule has 1 aromatic carbocycles. The number of benzene rings is 1. The number of ether oxygens (including phenoxy) is 1. The zero-order valence-electron chi connectivity index (χ0n) is 16.8. The van der Waals surface area contributed by atoms with E-state index in [9.17, 15) is 4.79 Å². The summed E-state index contributed by atoms with van der Waals surface area (Å²) in [6.07, 6.45) is 5.55. The zero-order chi connectivity index (χ0) is 20.6. The molecule has 0 aliphatic heterocycles. The van der Waals surface area contributed by atoms with Crippen molar-refractivity contribution in [1.29, 1.82) is 0 Å². The molecule has 2 heterocycles. The maximum Gasteiger partial charge on any atom is 0.261 e. The van der Waals surface area contributed by atoms with E-state index in [4.69, 9.17) is 4.74 Å². The highest BCUT2D eigenvalue weighted by atomic mass is 32.1. The van der Waals surface area contributed by atoms with E-state index in [0.29, 0.717) is 17.2 Å². The molecule has 3 aromatic rings. The van der Waals surface area contributed by atoms with E-state index in [1.54, 1.807) is 13.3 Å². The number of thiophene rings is 1. The van der Waals surface area contributed by atoms with Gasteiger partial charge in [0.2, 0.25) is 0 Å². The molecular formula is C22H24N4O2S. The van der Waals surface area contributed by atoms with Crippen LogP contribution in [-0.4, -0.2) is 55.1 Å². The van der Waals surface area contributed by atoms with Crippen molar-refractivity contribution < 1.29 is 9.53 Å². The second kappa shape index (κ2) is 9.95. The van der Waals surface area contributed by atoms with Gasteiger partial charge in [0.05, 0.1) is 22.6 Å². The Morgan fingerprint density at radius 3 is 2.66 bits per heavy atom. The minimum absolute atomic E-state index is 0.0585. The van der Waals surface area contributed by atoms with Crippen LogP contribution in [0.1, 0.15) is 21.1 Å². The summed E-state index contributed by atoms with van der Waals surface area (Å²) < 4.78 is 5.17. The number of carbonyl (C=O) groups excluding carboxylic acids is 1. The number of rotatable bonds is 8. The van der Waals surface area contributed by atoms with E-state index in [-0.39, 0.29) is 5.91 Å². The third-order valence-corrected chi connectivity index (χ3v) is 5.25. The zero-order valence-corrected chi connectivity index (χ0v) is 17.6. The van der Waals surface area contributed by atoms with E-state index in [1.165, 1.54) is 11.3 Å². The van der Waals surface area contributed by atoms with Gasteiger partial charge in [-0.15, -0.1) is 11.3 Å². The first-order valence-electron chi connectivity index (χ1n) is 9.23. The summed E-state index contributed by atoms with van der Waals surface area (Å²) in [5.41, 5.74) is 1.83. The van der Waals surface area contributed by atoms with Gasteiger partial charge < -0.3 is 15.0 Å². The molecule has 150 valence electrons. The Labute approximate surface area is 174 Å². The van der Waals surface area contributed by atoms with Gasteiger partial charge in [0.25, 0.3) is 5.91 Å². The third kappa shape index (κ3) is 5.97. The van der Waals surface area contributed by atoms with Gasteiger partial charge in [-0.2, -0.15) is 0 Å². The normalized spacial score (nSPS) is 11.2. The highest BCUT2D eigenvalue weighted by Crippen LogP contribution is 2.26. The molecule has 0 aliphatic rings. The number of likely N-dealkylation sites (N-methyl/N-ethyl adjacent to an activating group) is 1. The predicted octanol–water partition coefficient (Wildman–Crippen LogP) is 3.68. The van der Waals surface area contributed by atoms with Crippen molar-refractivity contribution in [1.82, 2.24) is 20.2 Å². The smallest absolute Gasteiger partial charge is 0.261 e. The molecule has 2 aromatic heterocycles. The van der Waals surface area contributed by atoms with Gasteiger partial charge in [0, 0.05) is 19.3 Å². The Balaban J connectivity index is 1.68. The van der Waals surface area contributed by atoms with E-state index in [0.717, 1.165) is 28.4 Å². The van der Waals surface area contributed by atoms with Crippen molar-refractivity contribution in [3.8, 4) is 16.3 Å². The van der Waals surface area contributed by atoms with Crippen molar-refractivity contribution >= 4 is 29.4 Å². The number of aromatic nitrogens is 2. The fourth-order valence-electron chi connectivity index (χ4n) is 2.55. The number of nitrogens with zero attached hydrogens (tertiary/aromatic N) is 3. The van der Waals surface area contributed by atoms with Gasteiger partial charge in [-0.25, -0.2) is 9.97 Å². The lowest BCUT2D eigenvalue weighted by Crippen LogP contribution is -2.30. The van der Waals surface area contributed by atoms with E-state index in [1.807, 2.05) is 73.6 Å². The quantitative estimate of drug-likeness (QED) is 0.616. The largest absolute Gasteiger partial charge is 0.497 e. The van der Waals surface area contributed by atoms with Crippen molar-refractivity contribution in [2.45, 2.75) is 0 Å². The number of amides is 1. The Kier molecular flexibility index (Phi) is 7.10. The Bertz CT molecular complexity index is 980. The second-order valence-electron chi connectivity index (χ2n) is 6.63. The average Bonchev–Trinajstić information content (AvgIpc) is 3.23. The van der Waals surface area contributed by atoms with Crippen LogP contribution in [0.5, 0.6) is 5.75 Å². The lowest BCUT2D eigenvalue weighted by Gasteiger charge is -2.09. The molecule has 0 saturated heterocycles. The lowest BCUT2D eigenvalue weighted by atomic mass is 10.2. The average molecular weight is 409 g/mol. The van der Waals surface area contributed by atoms with Gasteiger partial charge >= 0.3 is 0 Å². The molecule has 3 rings (SSSR count). The Hall–Kier alpha value is -3.03. The molecule has 29 heavy (non-hydrogen) atoms. The molecular weight excluding hydrogens is 384 g/mol. The molecule has 0 atom stereocenters. The van der Waals surface area contributed by atoms with Gasteiger partial charge in [0.1, 0.15) is 5.75 Å². The maximum atomic E-state index is 12.3. The van der Waals surface area contributed by atoms with Gasteiger partial charge in [-0.1, -0.05) is 18.2 Å². The number of carbonyl (C=O) groups is 1. The first-order valence-corrected chi connectivity index (χ1v) is 10.0. The molecule has 0 saturated carbocycles.